The lowest BCUT2D eigenvalue weighted by molar-refractivity contribution is 0.0567. The summed E-state index contributed by atoms with van der Waals surface area (Å²) in [5.41, 5.74) is -0.167. The molecule has 3 unspecified atom stereocenters. The van der Waals surface area contributed by atoms with E-state index in [1.54, 1.807) is 0 Å². The molecular formula is C15H28N2O3. The fraction of sp³-hybridized carbons (Fsp3) is 0.933. The van der Waals surface area contributed by atoms with Crippen molar-refractivity contribution in [1.29, 1.82) is 0 Å². The molecule has 0 aromatic heterocycles. The standard InChI is InChI=1S/C15H28N2O3/c1-11(12-5-8-20-9-6-12)16-14(19)17-13-4-3-7-15(13,2)10-18/h11-13,18H,3-10H2,1-2H3,(H2,16,17,19). The van der Waals surface area contributed by atoms with Crippen LogP contribution in [0.2, 0.25) is 0 Å². The quantitative estimate of drug-likeness (QED) is 0.735. The zero-order valence-electron chi connectivity index (χ0n) is 12.7. The van der Waals surface area contributed by atoms with E-state index in [1.165, 1.54) is 0 Å². The number of carbonyl (C=O) groups excluding carboxylic acids is 1. The van der Waals surface area contributed by atoms with Gasteiger partial charge in [0, 0.05) is 30.7 Å². The monoisotopic (exact) mass is 284 g/mol. The minimum atomic E-state index is -0.167. The largest absolute Gasteiger partial charge is 0.396 e. The third kappa shape index (κ3) is 3.64. The van der Waals surface area contributed by atoms with E-state index in [1.807, 2.05) is 6.92 Å². The smallest absolute Gasteiger partial charge is 0.315 e. The maximum atomic E-state index is 12.1. The molecule has 2 aliphatic rings. The zero-order valence-corrected chi connectivity index (χ0v) is 12.7. The van der Waals surface area contributed by atoms with Crippen molar-refractivity contribution in [1.82, 2.24) is 10.6 Å². The summed E-state index contributed by atoms with van der Waals surface area (Å²) in [6.07, 6.45) is 5.02. The summed E-state index contributed by atoms with van der Waals surface area (Å²) < 4.78 is 5.35. The second kappa shape index (κ2) is 6.76. The predicted molar refractivity (Wildman–Crippen MR) is 77.5 cm³/mol. The molecule has 1 aliphatic carbocycles. The summed E-state index contributed by atoms with van der Waals surface area (Å²) in [5.74, 6) is 0.502. The maximum Gasteiger partial charge on any atom is 0.315 e. The van der Waals surface area contributed by atoms with Crippen LogP contribution in [0.15, 0.2) is 0 Å². The molecule has 3 atom stereocenters. The Bertz CT molecular complexity index is 331. The number of nitrogens with one attached hydrogen (secondary N) is 2. The van der Waals surface area contributed by atoms with E-state index in [0.29, 0.717) is 5.92 Å². The Kier molecular flexibility index (Phi) is 5.27. The van der Waals surface area contributed by atoms with Crippen LogP contribution >= 0.6 is 0 Å². The highest BCUT2D eigenvalue weighted by Crippen LogP contribution is 2.37. The highest BCUT2D eigenvalue weighted by Gasteiger charge is 2.39. The highest BCUT2D eigenvalue weighted by atomic mass is 16.5. The Balaban J connectivity index is 1.79. The molecule has 5 nitrogen and oxygen atoms in total. The van der Waals surface area contributed by atoms with Crippen LogP contribution in [-0.2, 0) is 4.74 Å². The molecule has 0 spiro atoms. The molecule has 2 rings (SSSR count). The number of aliphatic hydroxyl groups is 1. The van der Waals surface area contributed by atoms with Crippen molar-refractivity contribution < 1.29 is 14.6 Å². The molecule has 1 heterocycles. The summed E-state index contributed by atoms with van der Waals surface area (Å²) in [6, 6.07) is 0.144. The van der Waals surface area contributed by atoms with Gasteiger partial charge in [-0.25, -0.2) is 4.79 Å². The predicted octanol–water partition coefficient (Wildman–Crippen LogP) is 1.65. The first-order valence-corrected chi connectivity index (χ1v) is 7.81. The van der Waals surface area contributed by atoms with Crippen LogP contribution in [0.5, 0.6) is 0 Å². The topological polar surface area (TPSA) is 70.6 Å². The van der Waals surface area contributed by atoms with Gasteiger partial charge in [-0.3, -0.25) is 0 Å². The van der Waals surface area contributed by atoms with E-state index in [9.17, 15) is 9.90 Å². The van der Waals surface area contributed by atoms with Crippen molar-refractivity contribution in [2.24, 2.45) is 11.3 Å². The Morgan fingerprint density at radius 2 is 2.10 bits per heavy atom. The van der Waals surface area contributed by atoms with E-state index < -0.39 is 0 Å². The third-order valence-electron chi connectivity index (χ3n) is 5.08. The van der Waals surface area contributed by atoms with Crippen molar-refractivity contribution in [2.45, 2.75) is 58.0 Å². The van der Waals surface area contributed by atoms with E-state index in [2.05, 4.69) is 17.6 Å². The summed E-state index contributed by atoms with van der Waals surface area (Å²) >= 11 is 0. The van der Waals surface area contributed by atoms with Gasteiger partial charge in [0.2, 0.25) is 0 Å². The average molecular weight is 284 g/mol. The average Bonchev–Trinajstić information content (AvgIpc) is 2.81. The molecule has 2 fully saturated rings. The fourth-order valence-electron chi connectivity index (χ4n) is 3.41. The molecule has 1 aliphatic heterocycles. The first kappa shape index (κ1) is 15.6. The van der Waals surface area contributed by atoms with Crippen molar-refractivity contribution in [2.75, 3.05) is 19.8 Å². The van der Waals surface area contributed by atoms with Gasteiger partial charge in [0.1, 0.15) is 0 Å². The second-order valence-electron chi connectivity index (χ2n) is 6.61. The lowest BCUT2D eigenvalue weighted by atomic mass is 9.86. The van der Waals surface area contributed by atoms with Gasteiger partial charge in [-0.1, -0.05) is 13.3 Å². The van der Waals surface area contributed by atoms with Gasteiger partial charge in [0.25, 0.3) is 0 Å². The van der Waals surface area contributed by atoms with Crippen LogP contribution in [0.3, 0.4) is 0 Å². The SMILES string of the molecule is CC(NC(=O)NC1CCCC1(C)CO)C1CCOCC1. The lowest BCUT2D eigenvalue weighted by Crippen LogP contribution is -2.52. The molecule has 1 saturated carbocycles. The van der Waals surface area contributed by atoms with Crippen LogP contribution in [0.25, 0.3) is 0 Å². The zero-order chi connectivity index (χ0) is 14.6. The Labute approximate surface area is 121 Å². The number of hydrogen-bond acceptors (Lipinski definition) is 3. The van der Waals surface area contributed by atoms with Gasteiger partial charge in [-0.05, 0) is 38.5 Å². The number of aliphatic hydroxyl groups excluding tert-OH is 1. The van der Waals surface area contributed by atoms with Gasteiger partial charge in [0.15, 0.2) is 0 Å². The summed E-state index contributed by atoms with van der Waals surface area (Å²) in [4.78, 5) is 12.1. The lowest BCUT2D eigenvalue weighted by Gasteiger charge is -2.32. The van der Waals surface area contributed by atoms with E-state index in [0.717, 1.165) is 45.3 Å². The van der Waals surface area contributed by atoms with Crippen molar-refractivity contribution in [3.8, 4) is 0 Å². The number of urea groups is 1. The second-order valence-corrected chi connectivity index (χ2v) is 6.61. The highest BCUT2D eigenvalue weighted by molar-refractivity contribution is 5.74. The normalized spacial score (nSPS) is 32.9. The van der Waals surface area contributed by atoms with Gasteiger partial charge >= 0.3 is 6.03 Å². The number of hydrogen-bond donors (Lipinski definition) is 3. The summed E-state index contributed by atoms with van der Waals surface area (Å²) in [7, 11) is 0. The molecular weight excluding hydrogens is 256 g/mol. The van der Waals surface area contributed by atoms with Crippen LogP contribution in [0.1, 0.15) is 46.0 Å². The molecule has 1 saturated heterocycles. The third-order valence-corrected chi connectivity index (χ3v) is 5.08. The van der Waals surface area contributed by atoms with Gasteiger partial charge < -0.3 is 20.5 Å². The molecule has 0 aromatic rings. The molecule has 5 heteroatoms. The summed E-state index contributed by atoms with van der Waals surface area (Å²) in [6.45, 7) is 5.84. The van der Waals surface area contributed by atoms with Crippen molar-refractivity contribution in [3.63, 3.8) is 0 Å². The van der Waals surface area contributed by atoms with Crippen LogP contribution < -0.4 is 10.6 Å². The molecule has 0 radical (unpaired) electrons. The molecule has 0 aromatic carbocycles. The van der Waals surface area contributed by atoms with E-state index in [-0.39, 0.29) is 30.1 Å². The molecule has 2 amide bonds. The van der Waals surface area contributed by atoms with Crippen molar-refractivity contribution in [3.05, 3.63) is 0 Å². The van der Waals surface area contributed by atoms with Crippen molar-refractivity contribution >= 4 is 6.03 Å². The molecule has 20 heavy (non-hydrogen) atoms. The van der Waals surface area contributed by atoms with E-state index in [4.69, 9.17) is 4.74 Å². The van der Waals surface area contributed by atoms with Crippen LogP contribution in [0, 0.1) is 11.3 Å². The summed E-state index contributed by atoms with van der Waals surface area (Å²) in [5, 5.41) is 15.6. The molecule has 116 valence electrons. The van der Waals surface area contributed by atoms with Gasteiger partial charge in [-0.2, -0.15) is 0 Å². The Morgan fingerprint density at radius 1 is 1.40 bits per heavy atom. The minimum absolute atomic E-state index is 0.0781. The minimum Gasteiger partial charge on any atom is -0.396 e. The molecule has 0 bridgehead atoms. The number of carbonyl (C=O) groups is 1. The number of amides is 2. The van der Waals surface area contributed by atoms with Gasteiger partial charge in [-0.15, -0.1) is 0 Å². The van der Waals surface area contributed by atoms with E-state index >= 15 is 0 Å². The maximum absolute atomic E-state index is 12.1. The van der Waals surface area contributed by atoms with Crippen LogP contribution in [0.4, 0.5) is 4.79 Å². The first-order chi connectivity index (χ1) is 9.55. The number of rotatable bonds is 4. The Morgan fingerprint density at radius 3 is 2.75 bits per heavy atom. The fourth-order valence-corrected chi connectivity index (χ4v) is 3.41. The Hall–Kier alpha value is -0.810. The first-order valence-electron chi connectivity index (χ1n) is 7.81. The van der Waals surface area contributed by atoms with Gasteiger partial charge in [0.05, 0.1) is 6.61 Å². The van der Waals surface area contributed by atoms with Crippen LogP contribution in [-0.4, -0.2) is 43.0 Å². The number of ether oxygens (including phenoxy) is 1. The molecule has 3 N–H and O–H groups in total.